The summed E-state index contributed by atoms with van der Waals surface area (Å²) in [4.78, 5) is 16.8. The van der Waals surface area contributed by atoms with Crippen molar-refractivity contribution in [2.75, 3.05) is 21.3 Å². The monoisotopic (exact) mass is 391 g/mol. The number of hydrogen-bond acceptors (Lipinski definition) is 6. The van der Waals surface area contributed by atoms with Crippen LogP contribution in [0.5, 0.6) is 17.2 Å². The molecule has 0 aliphatic carbocycles. The Morgan fingerprint density at radius 3 is 2.29 bits per heavy atom. The zero-order chi connectivity index (χ0) is 17.3. The summed E-state index contributed by atoms with van der Waals surface area (Å²) in [6, 6.07) is 8.56. The Morgan fingerprint density at radius 1 is 0.958 bits per heavy atom. The number of nitrogens with zero attached hydrogens (tertiary/aromatic N) is 1. The molecule has 0 aliphatic heterocycles. The lowest BCUT2D eigenvalue weighted by Gasteiger charge is -2.10. The van der Waals surface area contributed by atoms with Crippen LogP contribution in [0.15, 0.2) is 44.0 Å². The van der Waals surface area contributed by atoms with E-state index in [1.807, 2.05) is 6.07 Å². The summed E-state index contributed by atoms with van der Waals surface area (Å²) in [6.07, 6.45) is 0. The normalized spacial score (nSPS) is 10.7. The number of benzene rings is 2. The van der Waals surface area contributed by atoms with E-state index in [4.69, 9.17) is 18.6 Å². The molecule has 0 atom stereocenters. The Hall–Kier alpha value is -2.54. The lowest BCUT2D eigenvalue weighted by atomic mass is 10.2. The fraction of sp³-hybridized carbons (Fsp3) is 0.176. The van der Waals surface area contributed by atoms with Gasteiger partial charge in [-0.25, -0.2) is 9.78 Å². The minimum absolute atomic E-state index is 0.165. The average Bonchev–Trinajstić information content (AvgIpc) is 2.60. The van der Waals surface area contributed by atoms with Gasteiger partial charge in [-0.2, -0.15) is 0 Å². The summed E-state index contributed by atoms with van der Waals surface area (Å²) in [6.45, 7) is 0. The van der Waals surface area contributed by atoms with Crippen LogP contribution in [-0.4, -0.2) is 26.3 Å². The zero-order valence-electron chi connectivity index (χ0n) is 13.3. The highest BCUT2D eigenvalue weighted by atomic mass is 79.9. The van der Waals surface area contributed by atoms with Gasteiger partial charge >= 0.3 is 5.63 Å². The van der Waals surface area contributed by atoms with Crippen molar-refractivity contribution in [1.82, 2.24) is 4.98 Å². The predicted molar refractivity (Wildman–Crippen MR) is 93.1 cm³/mol. The van der Waals surface area contributed by atoms with Gasteiger partial charge in [0.15, 0.2) is 11.5 Å². The lowest BCUT2D eigenvalue weighted by molar-refractivity contribution is 0.355. The molecule has 2 aromatic carbocycles. The minimum atomic E-state index is -0.516. The van der Waals surface area contributed by atoms with Gasteiger partial charge in [0.25, 0.3) is 0 Å². The van der Waals surface area contributed by atoms with Crippen molar-refractivity contribution in [3.8, 4) is 28.7 Å². The van der Waals surface area contributed by atoms with Crippen LogP contribution in [0.2, 0.25) is 0 Å². The van der Waals surface area contributed by atoms with Crippen LogP contribution in [0, 0.1) is 0 Å². The lowest BCUT2D eigenvalue weighted by Crippen LogP contribution is -2.04. The van der Waals surface area contributed by atoms with Crippen molar-refractivity contribution in [2.24, 2.45) is 0 Å². The highest BCUT2D eigenvalue weighted by molar-refractivity contribution is 9.10. The van der Waals surface area contributed by atoms with Crippen LogP contribution < -0.4 is 19.8 Å². The maximum absolute atomic E-state index is 12.4. The van der Waals surface area contributed by atoms with Crippen LogP contribution in [-0.2, 0) is 0 Å². The molecule has 0 unspecified atom stereocenters. The highest BCUT2D eigenvalue weighted by Gasteiger charge is 2.16. The van der Waals surface area contributed by atoms with Crippen molar-refractivity contribution >= 4 is 26.8 Å². The second-order valence-corrected chi connectivity index (χ2v) is 5.79. The molecular formula is C17H14BrNO5. The molecule has 0 fully saturated rings. The smallest absolute Gasteiger partial charge is 0.347 e. The Bertz CT molecular complexity index is 967. The summed E-state index contributed by atoms with van der Waals surface area (Å²) in [5, 5.41) is 0.311. The first kappa shape index (κ1) is 16.3. The number of fused-ring (bicyclic) bond motifs is 1. The Balaban J connectivity index is 2.28. The van der Waals surface area contributed by atoms with Gasteiger partial charge in [0.05, 0.1) is 37.8 Å². The number of aromatic nitrogens is 1. The molecule has 1 heterocycles. The SMILES string of the molecule is COc1cc2nc(-c3cc(Br)ccc3OC)oc(=O)c2cc1OC. The van der Waals surface area contributed by atoms with E-state index in [9.17, 15) is 4.79 Å². The molecule has 24 heavy (non-hydrogen) atoms. The van der Waals surface area contributed by atoms with E-state index in [0.29, 0.717) is 33.7 Å². The first-order valence-corrected chi connectivity index (χ1v) is 7.77. The van der Waals surface area contributed by atoms with Crippen LogP contribution in [0.25, 0.3) is 22.4 Å². The summed E-state index contributed by atoms with van der Waals surface area (Å²) >= 11 is 3.39. The van der Waals surface area contributed by atoms with E-state index < -0.39 is 5.63 Å². The third-order valence-electron chi connectivity index (χ3n) is 3.53. The molecule has 0 amide bonds. The number of halogens is 1. The number of rotatable bonds is 4. The molecular weight excluding hydrogens is 378 g/mol. The van der Waals surface area contributed by atoms with E-state index in [0.717, 1.165) is 4.47 Å². The maximum atomic E-state index is 12.4. The molecule has 6 nitrogen and oxygen atoms in total. The fourth-order valence-corrected chi connectivity index (χ4v) is 2.72. The van der Waals surface area contributed by atoms with Gasteiger partial charge in [0, 0.05) is 16.6 Å². The highest BCUT2D eigenvalue weighted by Crippen LogP contribution is 2.34. The predicted octanol–water partition coefficient (Wildman–Crippen LogP) is 3.64. The summed E-state index contributed by atoms with van der Waals surface area (Å²) in [5.41, 5.74) is 0.500. The maximum Gasteiger partial charge on any atom is 0.347 e. The topological polar surface area (TPSA) is 70.8 Å². The number of hydrogen-bond donors (Lipinski definition) is 0. The van der Waals surface area contributed by atoms with Gasteiger partial charge in [-0.05, 0) is 18.2 Å². The summed E-state index contributed by atoms with van der Waals surface area (Å²) in [5.74, 6) is 1.63. The molecule has 124 valence electrons. The molecule has 0 aliphatic rings. The van der Waals surface area contributed by atoms with E-state index in [1.54, 1.807) is 31.4 Å². The quantitative estimate of drug-likeness (QED) is 0.675. The van der Waals surface area contributed by atoms with Crippen LogP contribution >= 0.6 is 15.9 Å². The van der Waals surface area contributed by atoms with Crippen molar-refractivity contribution in [3.63, 3.8) is 0 Å². The van der Waals surface area contributed by atoms with Gasteiger partial charge in [0.1, 0.15) is 5.75 Å². The molecule has 3 aromatic rings. The third kappa shape index (κ3) is 2.82. The van der Waals surface area contributed by atoms with Crippen LogP contribution in [0.3, 0.4) is 0 Å². The van der Waals surface area contributed by atoms with Crippen LogP contribution in [0.4, 0.5) is 0 Å². The standard InChI is InChI=1S/C17H14BrNO5/c1-21-13-5-4-9(18)6-11(13)16-19-12-8-15(23-3)14(22-2)7-10(12)17(20)24-16/h4-8H,1-3H3. The van der Waals surface area contributed by atoms with Crippen molar-refractivity contribution in [2.45, 2.75) is 0 Å². The molecule has 0 saturated heterocycles. The minimum Gasteiger partial charge on any atom is -0.496 e. The average molecular weight is 392 g/mol. The van der Waals surface area contributed by atoms with Gasteiger partial charge in [-0.15, -0.1) is 0 Å². The van der Waals surface area contributed by atoms with E-state index >= 15 is 0 Å². The molecule has 0 bridgehead atoms. The number of ether oxygens (including phenoxy) is 3. The van der Waals surface area contributed by atoms with Crippen molar-refractivity contribution in [1.29, 1.82) is 0 Å². The molecule has 0 spiro atoms. The number of methoxy groups -OCH3 is 3. The van der Waals surface area contributed by atoms with Gasteiger partial charge in [0.2, 0.25) is 5.89 Å². The van der Waals surface area contributed by atoms with Gasteiger partial charge in [-0.3, -0.25) is 0 Å². The van der Waals surface area contributed by atoms with E-state index in [-0.39, 0.29) is 5.89 Å². The summed E-state index contributed by atoms with van der Waals surface area (Å²) in [7, 11) is 4.56. The second kappa shape index (κ2) is 6.52. The van der Waals surface area contributed by atoms with Gasteiger partial charge < -0.3 is 18.6 Å². The molecule has 0 N–H and O–H groups in total. The zero-order valence-corrected chi connectivity index (χ0v) is 14.8. The molecule has 0 saturated carbocycles. The Morgan fingerprint density at radius 2 is 1.62 bits per heavy atom. The largest absolute Gasteiger partial charge is 0.496 e. The second-order valence-electron chi connectivity index (χ2n) is 4.88. The molecule has 3 rings (SSSR count). The van der Waals surface area contributed by atoms with Crippen molar-refractivity contribution < 1.29 is 18.6 Å². The molecule has 0 radical (unpaired) electrons. The third-order valence-corrected chi connectivity index (χ3v) is 4.02. The summed E-state index contributed by atoms with van der Waals surface area (Å²) < 4.78 is 22.0. The Kier molecular flexibility index (Phi) is 4.44. The fourth-order valence-electron chi connectivity index (χ4n) is 2.36. The Labute approximate surface area is 146 Å². The van der Waals surface area contributed by atoms with E-state index in [1.165, 1.54) is 14.2 Å². The van der Waals surface area contributed by atoms with Gasteiger partial charge in [-0.1, -0.05) is 15.9 Å². The molecule has 1 aromatic heterocycles. The van der Waals surface area contributed by atoms with Crippen LogP contribution in [0.1, 0.15) is 0 Å². The van der Waals surface area contributed by atoms with E-state index in [2.05, 4.69) is 20.9 Å². The first-order chi connectivity index (χ1) is 11.6. The molecule has 7 heteroatoms. The first-order valence-electron chi connectivity index (χ1n) is 6.98. The van der Waals surface area contributed by atoms with Crippen molar-refractivity contribution in [3.05, 3.63) is 45.2 Å².